The van der Waals surface area contributed by atoms with Gasteiger partial charge in [-0.15, -0.1) is 0 Å². The average molecular weight is 308 g/mol. The molecule has 0 radical (unpaired) electrons. The second-order valence-electron chi connectivity index (χ2n) is 5.88. The SMILES string of the molecule is CCC(CSC)N1C(=O)C2(CC2)NC1c1ccccc1F. The Labute approximate surface area is 129 Å². The summed E-state index contributed by atoms with van der Waals surface area (Å²) < 4.78 is 14.2. The monoisotopic (exact) mass is 308 g/mol. The van der Waals surface area contributed by atoms with Crippen LogP contribution in [0.25, 0.3) is 0 Å². The molecule has 1 aliphatic carbocycles. The van der Waals surface area contributed by atoms with Crippen LogP contribution in [0.3, 0.4) is 0 Å². The maximum atomic E-state index is 14.2. The van der Waals surface area contributed by atoms with E-state index in [9.17, 15) is 9.18 Å². The Morgan fingerprint density at radius 1 is 1.48 bits per heavy atom. The molecule has 1 saturated carbocycles. The molecule has 1 aromatic rings. The zero-order valence-electron chi connectivity index (χ0n) is 12.4. The lowest BCUT2D eigenvalue weighted by Gasteiger charge is -2.32. The van der Waals surface area contributed by atoms with Crippen molar-refractivity contribution >= 4 is 17.7 Å². The summed E-state index contributed by atoms with van der Waals surface area (Å²) in [7, 11) is 0. The minimum atomic E-state index is -0.418. The van der Waals surface area contributed by atoms with Crippen LogP contribution in [0.4, 0.5) is 4.39 Å². The van der Waals surface area contributed by atoms with Gasteiger partial charge in [-0.05, 0) is 31.6 Å². The molecule has 3 rings (SSSR count). The molecule has 2 fully saturated rings. The summed E-state index contributed by atoms with van der Waals surface area (Å²) in [5, 5.41) is 3.40. The van der Waals surface area contributed by atoms with Gasteiger partial charge in [0.15, 0.2) is 0 Å². The van der Waals surface area contributed by atoms with E-state index in [0.29, 0.717) is 5.56 Å². The first-order valence-corrected chi connectivity index (χ1v) is 8.86. The Morgan fingerprint density at radius 2 is 2.19 bits per heavy atom. The van der Waals surface area contributed by atoms with Crippen molar-refractivity contribution in [3.8, 4) is 0 Å². The van der Waals surface area contributed by atoms with Crippen molar-refractivity contribution in [3.05, 3.63) is 35.6 Å². The number of thioether (sulfide) groups is 1. The van der Waals surface area contributed by atoms with Crippen molar-refractivity contribution in [2.45, 2.75) is 43.9 Å². The summed E-state index contributed by atoms with van der Waals surface area (Å²) in [6.45, 7) is 2.09. The van der Waals surface area contributed by atoms with Crippen molar-refractivity contribution in [2.75, 3.05) is 12.0 Å². The van der Waals surface area contributed by atoms with Crippen LogP contribution in [0.2, 0.25) is 0 Å². The van der Waals surface area contributed by atoms with Crippen molar-refractivity contribution in [2.24, 2.45) is 0 Å². The van der Waals surface area contributed by atoms with Gasteiger partial charge in [0.2, 0.25) is 5.91 Å². The fourth-order valence-electron chi connectivity index (χ4n) is 3.13. The maximum absolute atomic E-state index is 14.2. The number of carbonyl (C=O) groups is 1. The molecule has 2 atom stereocenters. The Hall–Kier alpha value is -1.07. The molecular formula is C16H21FN2OS. The largest absolute Gasteiger partial charge is 0.317 e. The number of hydrogen-bond donors (Lipinski definition) is 1. The van der Waals surface area contributed by atoms with E-state index in [-0.39, 0.29) is 23.9 Å². The van der Waals surface area contributed by atoms with E-state index in [0.717, 1.165) is 25.0 Å². The van der Waals surface area contributed by atoms with E-state index in [1.165, 1.54) is 6.07 Å². The highest BCUT2D eigenvalue weighted by atomic mass is 32.2. The van der Waals surface area contributed by atoms with E-state index in [2.05, 4.69) is 12.2 Å². The van der Waals surface area contributed by atoms with Gasteiger partial charge in [0.05, 0.1) is 0 Å². The molecular weight excluding hydrogens is 287 g/mol. The number of amides is 1. The number of nitrogens with one attached hydrogen (secondary N) is 1. The van der Waals surface area contributed by atoms with Gasteiger partial charge in [-0.25, -0.2) is 4.39 Å². The lowest BCUT2D eigenvalue weighted by molar-refractivity contribution is -0.132. The van der Waals surface area contributed by atoms with Crippen LogP contribution >= 0.6 is 11.8 Å². The van der Waals surface area contributed by atoms with Gasteiger partial charge in [0.25, 0.3) is 0 Å². The van der Waals surface area contributed by atoms with Gasteiger partial charge >= 0.3 is 0 Å². The highest BCUT2D eigenvalue weighted by molar-refractivity contribution is 7.98. The number of halogens is 1. The van der Waals surface area contributed by atoms with Gasteiger partial charge in [0, 0.05) is 17.4 Å². The molecule has 1 spiro atoms. The van der Waals surface area contributed by atoms with Crippen LogP contribution in [0.5, 0.6) is 0 Å². The summed E-state index contributed by atoms with van der Waals surface area (Å²) in [6.07, 6.45) is 4.32. The number of nitrogens with zero attached hydrogens (tertiary/aromatic N) is 1. The molecule has 1 heterocycles. The normalized spacial score (nSPS) is 24.6. The Balaban J connectivity index is 1.97. The highest BCUT2D eigenvalue weighted by Crippen LogP contribution is 2.47. The smallest absolute Gasteiger partial charge is 0.244 e. The number of benzene rings is 1. The molecule has 2 aliphatic rings. The lowest BCUT2D eigenvalue weighted by atomic mass is 10.1. The van der Waals surface area contributed by atoms with Crippen LogP contribution in [-0.4, -0.2) is 34.4 Å². The molecule has 0 bridgehead atoms. The summed E-state index contributed by atoms with van der Waals surface area (Å²) in [5.74, 6) is 0.784. The van der Waals surface area contributed by atoms with E-state index in [1.807, 2.05) is 17.2 Å². The van der Waals surface area contributed by atoms with E-state index < -0.39 is 5.54 Å². The summed E-state index contributed by atoms with van der Waals surface area (Å²) in [6, 6.07) is 6.90. The van der Waals surface area contributed by atoms with Crippen molar-refractivity contribution in [1.82, 2.24) is 10.2 Å². The number of hydrogen-bond acceptors (Lipinski definition) is 3. The third-order valence-electron chi connectivity index (χ3n) is 4.51. The fourth-order valence-corrected chi connectivity index (χ4v) is 3.91. The molecule has 1 amide bonds. The van der Waals surface area contributed by atoms with Crippen LogP contribution in [0.1, 0.15) is 37.9 Å². The molecule has 1 aromatic carbocycles. The predicted octanol–water partition coefficient (Wildman–Crippen LogP) is 2.93. The third-order valence-corrected chi connectivity index (χ3v) is 5.23. The highest BCUT2D eigenvalue weighted by Gasteiger charge is 2.60. The minimum absolute atomic E-state index is 0.143. The topological polar surface area (TPSA) is 32.3 Å². The number of rotatable bonds is 5. The Morgan fingerprint density at radius 3 is 2.76 bits per heavy atom. The first-order chi connectivity index (χ1) is 10.1. The molecule has 1 aliphatic heterocycles. The standard InChI is InChI=1S/C16H21FN2OS/c1-3-11(10-21-2)19-14(12-6-4-5-7-13(12)17)18-16(8-9-16)15(19)20/h4-7,11,14,18H,3,8-10H2,1-2H3. The van der Waals surface area contributed by atoms with Crippen LogP contribution in [0, 0.1) is 5.82 Å². The summed E-state index contributed by atoms with van der Waals surface area (Å²) in [4.78, 5) is 14.7. The molecule has 1 saturated heterocycles. The zero-order chi connectivity index (χ0) is 15.0. The fraction of sp³-hybridized carbons (Fsp3) is 0.562. The van der Waals surface area contributed by atoms with Gasteiger partial charge in [-0.1, -0.05) is 25.1 Å². The summed E-state index contributed by atoms with van der Waals surface area (Å²) in [5.41, 5.74) is 0.160. The average Bonchev–Trinajstić information content (AvgIpc) is 3.21. The lowest BCUT2D eigenvalue weighted by Crippen LogP contribution is -2.41. The zero-order valence-corrected chi connectivity index (χ0v) is 13.3. The quantitative estimate of drug-likeness (QED) is 0.908. The second kappa shape index (κ2) is 5.61. The van der Waals surface area contributed by atoms with E-state index >= 15 is 0 Å². The van der Waals surface area contributed by atoms with Crippen LogP contribution in [-0.2, 0) is 4.79 Å². The molecule has 0 aromatic heterocycles. The van der Waals surface area contributed by atoms with Crippen LogP contribution < -0.4 is 5.32 Å². The van der Waals surface area contributed by atoms with Crippen molar-refractivity contribution < 1.29 is 9.18 Å². The minimum Gasteiger partial charge on any atom is -0.317 e. The first-order valence-electron chi connectivity index (χ1n) is 7.47. The van der Waals surface area contributed by atoms with Gasteiger partial charge in [-0.3, -0.25) is 10.1 Å². The van der Waals surface area contributed by atoms with Crippen molar-refractivity contribution in [3.63, 3.8) is 0 Å². The molecule has 21 heavy (non-hydrogen) atoms. The Bertz CT molecular complexity index is 547. The second-order valence-corrected chi connectivity index (χ2v) is 6.79. The van der Waals surface area contributed by atoms with Crippen LogP contribution in [0.15, 0.2) is 24.3 Å². The molecule has 3 nitrogen and oxygen atoms in total. The van der Waals surface area contributed by atoms with Gasteiger partial charge in [-0.2, -0.15) is 11.8 Å². The molecule has 1 N–H and O–H groups in total. The maximum Gasteiger partial charge on any atom is 0.244 e. The van der Waals surface area contributed by atoms with E-state index in [1.54, 1.807) is 23.9 Å². The first kappa shape index (κ1) is 14.9. The van der Waals surface area contributed by atoms with Crippen molar-refractivity contribution in [1.29, 1.82) is 0 Å². The summed E-state index contributed by atoms with van der Waals surface area (Å²) >= 11 is 1.73. The molecule has 2 unspecified atom stereocenters. The third kappa shape index (κ3) is 2.46. The van der Waals surface area contributed by atoms with Gasteiger partial charge in [0.1, 0.15) is 17.5 Å². The number of carbonyl (C=O) groups excluding carboxylic acids is 1. The van der Waals surface area contributed by atoms with E-state index in [4.69, 9.17) is 0 Å². The van der Waals surface area contributed by atoms with Gasteiger partial charge < -0.3 is 4.90 Å². The molecule has 114 valence electrons. The Kier molecular flexibility index (Phi) is 3.97. The predicted molar refractivity (Wildman–Crippen MR) is 83.5 cm³/mol. The molecule has 5 heteroatoms.